The molecular formula is C50H27BF24N2O2. The summed E-state index contributed by atoms with van der Waals surface area (Å²) >= 11 is 0. The van der Waals surface area contributed by atoms with Crippen LogP contribution in [0.25, 0.3) is 10.8 Å². The van der Waals surface area contributed by atoms with Crippen molar-refractivity contribution in [2.24, 2.45) is 5.73 Å². The van der Waals surface area contributed by atoms with Gasteiger partial charge in [0.2, 0.25) is 18.2 Å². The van der Waals surface area contributed by atoms with Crippen LogP contribution in [0.15, 0.2) is 140 Å². The van der Waals surface area contributed by atoms with Crippen molar-refractivity contribution in [3.05, 3.63) is 195 Å². The summed E-state index contributed by atoms with van der Waals surface area (Å²) in [6.07, 6.45) is -51.1. The van der Waals surface area contributed by atoms with Crippen LogP contribution < -0.4 is 32.2 Å². The molecule has 0 radical (unpaired) electrons. The number of carbonyl (C=O) groups is 2. The molecule has 1 amide bonds. The smallest absolute Gasteiger partial charge is 0.366 e. The number of primary amides is 1. The molecule has 0 aliphatic carbocycles. The van der Waals surface area contributed by atoms with Crippen molar-refractivity contribution in [1.29, 1.82) is 0 Å². The van der Waals surface area contributed by atoms with Gasteiger partial charge in [-0.3, -0.25) is 9.59 Å². The number of nitrogens with two attached hydrogens (primary N) is 1. The predicted molar refractivity (Wildman–Crippen MR) is 234 cm³/mol. The molecular weight excluding hydrogens is 1130 g/mol. The number of carbonyl (C=O) groups excluding carboxylic acids is 2. The normalized spacial score (nSPS) is 13.3. The van der Waals surface area contributed by atoms with E-state index in [-0.39, 0.29) is 12.3 Å². The maximum absolute atomic E-state index is 14.2. The molecule has 6 aromatic carbocycles. The third-order valence-corrected chi connectivity index (χ3v) is 12.0. The second-order valence-electron chi connectivity index (χ2n) is 17.3. The van der Waals surface area contributed by atoms with E-state index in [1.165, 1.54) is 0 Å². The van der Waals surface area contributed by atoms with Gasteiger partial charge in [-0.1, -0.05) is 84.9 Å². The number of benzene rings is 6. The summed E-state index contributed by atoms with van der Waals surface area (Å²) in [5.41, 5.74) is -23.8. The van der Waals surface area contributed by atoms with E-state index in [1.54, 1.807) is 24.3 Å². The summed E-state index contributed by atoms with van der Waals surface area (Å²) in [5, 5.41) is 1.87. The molecule has 2 N–H and O–H groups in total. The van der Waals surface area contributed by atoms with Gasteiger partial charge in [-0.25, -0.2) is 0 Å². The summed E-state index contributed by atoms with van der Waals surface area (Å²) in [4.78, 5) is 23.5. The monoisotopic (exact) mass is 1150 g/mol. The van der Waals surface area contributed by atoms with E-state index in [0.717, 1.165) is 10.8 Å². The van der Waals surface area contributed by atoms with Crippen LogP contribution in [0, 0.1) is 0 Å². The third-order valence-electron chi connectivity index (χ3n) is 12.0. The Labute approximate surface area is 426 Å². The molecule has 0 bridgehead atoms. The highest BCUT2D eigenvalue weighted by Gasteiger charge is 2.47. The quantitative estimate of drug-likeness (QED) is 0.0713. The third kappa shape index (κ3) is 13.8. The molecule has 7 aromatic rings. The number of fused-ring (bicyclic) bond motifs is 1. The molecule has 0 atom stereocenters. The number of alkyl halides is 24. The van der Waals surface area contributed by atoms with Crippen LogP contribution in [0.4, 0.5) is 105 Å². The molecule has 4 nitrogen and oxygen atoms in total. The fourth-order valence-electron chi connectivity index (χ4n) is 8.44. The molecule has 0 aliphatic rings. The maximum Gasteiger partial charge on any atom is 0.416 e. The van der Waals surface area contributed by atoms with Crippen LogP contribution in [0.2, 0.25) is 0 Å². The number of hydrogen-bond donors (Lipinski definition) is 1. The summed E-state index contributed by atoms with van der Waals surface area (Å²) < 4.78 is 343. The lowest BCUT2D eigenvalue weighted by atomic mass is 9.12. The van der Waals surface area contributed by atoms with Crippen LogP contribution >= 0.6 is 0 Å². The Balaban J connectivity index is 0.000000378. The fraction of sp³-hybridized carbons (Fsp3) is 0.180. The van der Waals surface area contributed by atoms with Gasteiger partial charge in [-0.2, -0.15) is 132 Å². The molecule has 0 saturated heterocycles. The van der Waals surface area contributed by atoms with E-state index >= 15 is 0 Å². The Hall–Kier alpha value is -7.75. The first-order chi connectivity index (χ1) is 35.9. The Morgan fingerprint density at radius 3 is 0.911 bits per heavy atom. The molecule has 420 valence electrons. The van der Waals surface area contributed by atoms with E-state index in [2.05, 4.69) is 0 Å². The Morgan fingerprint density at radius 1 is 0.354 bits per heavy atom. The highest BCUT2D eigenvalue weighted by atomic mass is 19.4. The van der Waals surface area contributed by atoms with Crippen LogP contribution in [0.1, 0.15) is 65.2 Å². The minimum atomic E-state index is -6.13. The van der Waals surface area contributed by atoms with Gasteiger partial charge in [0.15, 0.2) is 12.4 Å². The number of nitrogens with zero attached hydrogens (tertiary/aromatic N) is 1. The highest BCUT2D eigenvalue weighted by molar-refractivity contribution is 7.20. The summed E-state index contributed by atoms with van der Waals surface area (Å²) in [6, 6.07) is 7.56. The molecule has 1 aromatic heterocycles. The van der Waals surface area contributed by atoms with Crippen molar-refractivity contribution in [2.45, 2.75) is 56.0 Å². The van der Waals surface area contributed by atoms with Crippen LogP contribution in [-0.4, -0.2) is 17.8 Å². The predicted octanol–water partition coefficient (Wildman–Crippen LogP) is 13.3. The summed E-state index contributed by atoms with van der Waals surface area (Å²) in [6.45, 7) is 0.251. The molecule has 0 fully saturated rings. The molecule has 1 heterocycles. The first-order valence-electron chi connectivity index (χ1n) is 21.6. The van der Waals surface area contributed by atoms with E-state index < -0.39 is 201 Å². The van der Waals surface area contributed by atoms with Crippen LogP contribution in [0.5, 0.6) is 0 Å². The maximum atomic E-state index is 14.2. The van der Waals surface area contributed by atoms with Gasteiger partial charge in [0.1, 0.15) is 6.15 Å². The zero-order valence-electron chi connectivity index (χ0n) is 38.5. The van der Waals surface area contributed by atoms with E-state index in [4.69, 9.17) is 5.73 Å². The molecule has 29 heteroatoms. The molecule has 0 spiro atoms. The van der Waals surface area contributed by atoms with E-state index in [1.807, 2.05) is 47.3 Å². The standard InChI is InChI=1S/C32H12BF24.C18H14N2O2/c34-25(35,36)13-1-14(26(37,38)39)6-21(5-13)33(22-7-15(27(40,41)42)2-16(8-22)28(43,44)45,23-9-17(29(46,47)48)3-18(10-23)30(49,50)51)24-11-19(31(52,53)54)4-20(12-24)32(55,56)57;19-18(22)15-7-6-13-8-9-20(11-16(13)10-15)12-17(21)14-4-2-1-3-5-14/h1-12H;1-11H,12H2,(H-,19,22)/q-1;/p+1. The van der Waals surface area contributed by atoms with Crippen LogP contribution in [-0.2, 0) is 56.0 Å². The summed E-state index contributed by atoms with van der Waals surface area (Å²) in [5.74, 6) is -0.423. The van der Waals surface area contributed by atoms with Gasteiger partial charge in [0, 0.05) is 22.6 Å². The zero-order valence-corrected chi connectivity index (χ0v) is 38.5. The number of pyridine rings is 1. The number of ketones is 1. The van der Waals surface area contributed by atoms with Crippen molar-refractivity contribution < 1.29 is 120 Å². The number of hydrogen-bond acceptors (Lipinski definition) is 2. The zero-order chi connectivity index (χ0) is 59.4. The van der Waals surface area contributed by atoms with Crippen molar-refractivity contribution in [3.8, 4) is 0 Å². The molecule has 0 saturated carbocycles. The Kier molecular flexibility index (Phi) is 15.9. The molecule has 0 aliphatic heterocycles. The van der Waals surface area contributed by atoms with Gasteiger partial charge in [0.05, 0.1) is 44.5 Å². The number of aromatic nitrogens is 1. The van der Waals surface area contributed by atoms with Crippen molar-refractivity contribution >= 4 is 50.5 Å². The number of Topliss-reactive ketones (excluding diaryl/α,β-unsaturated/α-hetero) is 1. The number of halogens is 24. The van der Waals surface area contributed by atoms with Crippen molar-refractivity contribution in [3.63, 3.8) is 0 Å². The van der Waals surface area contributed by atoms with Crippen LogP contribution in [0.3, 0.4) is 0 Å². The first-order valence-corrected chi connectivity index (χ1v) is 21.6. The van der Waals surface area contributed by atoms with Gasteiger partial charge >= 0.3 is 49.4 Å². The minimum Gasteiger partial charge on any atom is -0.366 e. The lowest BCUT2D eigenvalue weighted by Gasteiger charge is -2.46. The Bertz CT molecular complexity index is 2990. The van der Waals surface area contributed by atoms with E-state index in [9.17, 15) is 115 Å². The average molecular weight is 1150 g/mol. The highest BCUT2D eigenvalue weighted by Crippen LogP contribution is 2.41. The van der Waals surface area contributed by atoms with Gasteiger partial charge < -0.3 is 5.73 Å². The second kappa shape index (κ2) is 20.8. The average Bonchev–Trinajstić information content (AvgIpc) is 3.52. The summed E-state index contributed by atoms with van der Waals surface area (Å²) in [7, 11) is 0. The molecule has 0 unspecified atom stereocenters. The molecule has 79 heavy (non-hydrogen) atoms. The van der Waals surface area contributed by atoms with Gasteiger partial charge in [-0.05, 0) is 41.8 Å². The van der Waals surface area contributed by atoms with Crippen molar-refractivity contribution in [1.82, 2.24) is 0 Å². The fourth-order valence-corrected chi connectivity index (χ4v) is 8.44. The lowest BCUT2D eigenvalue weighted by molar-refractivity contribution is -0.681. The SMILES string of the molecule is FC(F)(F)c1cc([B-](c2cc(C(F)(F)F)cc(C(F)(F)F)c2)(c2cc(C(F)(F)F)cc(C(F)(F)F)c2)c2cc(C(F)(F)F)cc(C(F)(F)F)c2)cc(C(F)(F)F)c1.NC(=O)c1ccc2cc[n+](CC(=O)c3ccccc3)cc2c1. The van der Waals surface area contributed by atoms with Gasteiger partial charge in [-0.15, -0.1) is 0 Å². The van der Waals surface area contributed by atoms with E-state index in [0.29, 0.717) is 11.1 Å². The second-order valence-corrected chi connectivity index (χ2v) is 17.3. The lowest BCUT2D eigenvalue weighted by Crippen LogP contribution is -2.75. The first kappa shape index (κ1) is 60.5. The molecule has 7 rings (SSSR count). The largest absolute Gasteiger partial charge is 0.416 e. The topological polar surface area (TPSA) is 64.0 Å². The van der Waals surface area contributed by atoms with Crippen molar-refractivity contribution in [2.75, 3.05) is 0 Å². The minimum absolute atomic E-state index is 0.0380. The van der Waals surface area contributed by atoms with Gasteiger partial charge in [0.25, 0.3) is 0 Å². The number of rotatable bonds is 8. The number of amides is 1. The Morgan fingerprint density at radius 2 is 0.646 bits per heavy atom.